The van der Waals surface area contributed by atoms with Gasteiger partial charge < -0.3 is 11.1 Å². The minimum Gasteiger partial charge on any atom is -0.397 e. The number of anilines is 2. The molecule has 3 heteroatoms. The molecule has 3 N–H and O–H groups in total. The molecule has 1 aromatic rings. The molecule has 94 valence electrons. The van der Waals surface area contributed by atoms with Gasteiger partial charge in [-0.1, -0.05) is 32.6 Å². The van der Waals surface area contributed by atoms with E-state index >= 15 is 0 Å². The summed E-state index contributed by atoms with van der Waals surface area (Å²) < 4.78 is 0. The van der Waals surface area contributed by atoms with E-state index in [0.29, 0.717) is 0 Å². The number of aromatic nitrogens is 1. The molecule has 2 rings (SSSR count). The van der Waals surface area contributed by atoms with Gasteiger partial charge in [0.1, 0.15) is 5.82 Å². The van der Waals surface area contributed by atoms with Crippen LogP contribution in [0.5, 0.6) is 0 Å². The molecule has 0 aromatic carbocycles. The fourth-order valence-corrected chi connectivity index (χ4v) is 2.53. The summed E-state index contributed by atoms with van der Waals surface area (Å²) in [5.74, 6) is 2.79. The first-order valence-corrected chi connectivity index (χ1v) is 6.69. The van der Waals surface area contributed by atoms with Crippen molar-refractivity contribution in [2.24, 2.45) is 11.8 Å². The average molecular weight is 233 g/mol. The molecular weight excluding hydrogens is 210 g/mol. The van der Waals surface area contributed by atoms with Gasteiger partial charge >= 0.3 is 0 Å². The smallest absolute Gasteiger partial charge is 0.126 e. The van der Waals surface area contributed by atoms with Crippen molar-refractivity contribution in [1.29, 1.82) is 0 Å². The Kier molecular flexibility index (Phi) is 4.24. The Morgan fingerprint density at radius 3 is 2.71 bits per heavy atom. The van der Waals surface area contributed by atoms with Gasteiger partial charge in [-0.3, -0.25) is 0 Å². The number of hydrogen-bond donors (Lipinski definition) is 2. The SMILES string of the molecule is CC1CCC(CCNc2ccc(N)cn2)CC1. The standard InChI is InChI=1S/C14H23N3/c1-11-2-4-12(5-3-11)8-9-16-14-7-6-13(15)10-17-14/h6-7,10-12H,2-5,8-9,15H2,1H3,(H,16,17). The fourth-order valence-electron chi connectivity index (χ4n) is 2.53. The highest BCUT2D eigenvalue weighted by Gasteiger charge is 2.17. The number of nitrogens with zero attached hydrogens (tertiary/aromatic N) is 1. The van der Waals surface area contributed by atoms with Gasteiger partial charge in [-0.05, 0) is 30.4 Å². The third-order valence-electron chi connectivity index (χ3n) is 3.78. The Labute approximate surface area is 104 Å². The van der Waals surface area contributed by atoms with Crippen LogP contribution in [0.1, 0.15) is 39.0 Å². The lowest BCUT2D eigenvalue weighted by Gasteiger charge is -2.26. The van der Waals surface area contributed by atoms with Crippen LogP contribution in [0.3, 0.4) is 0 Å². The van der Waals surface area contributed by atoms with Crippen LogP contribution in [0.25, 0.3) is 0 Å². The number of hydrogen-bond acceptors (Lipinski definition) is 3. The maximum Gasteiger partial charge on any atom is 0.126 e. The number of pyridine rings is 1. The van der Waals surface area contributed by atoms with E-state index in [9.17, 15) is 0 Å². The summed E-state index contributed by atoms with van der Waals surface area (Å²) in [7, 11) is 0. The zero-order valence-electron chi connectivity index (χ0n) is 10.7. The van der Waals surface area contributed by atoms with Gasteiger partial charge in [0.15, 0.2) is 0 Å². The molecule has 0 saturated heterocycles. The molecule has 0 bridgehead atoms. The lowest BCUT2D eigenvalue weighted by Crippen LogP contribution is -2.16. The van der Waals surface area contributed by atoms with Crippen molar-refractivity contribution >= 4 is 11.5 Å². The molecule has 0 amide bonds. The summed E-state index contributed by atoms with van der Waals surface area (Å²) in [4.78, 5) is 4.24. The van der Waals surface area contributed by atoms with Crippen LogP contribution in [0.2, 0.25) is 0 Å². The van der Waals surface area contributed by atoms with Crippen molar-refractivity contribution in [2.45, 2.75) is 39.0 Å². The molecule has 0 unspecified atom stereocenters. The first-order valence-electron chi connectivity index (χ1n) is 6.69. The Hall–Kier alpha value is -1.25. The highest BCUT2D eigenvalue weighted by Crippen LogP contribution is 2.30. The molecule has 1 aliphatic carbocycles. The second kappa shape index (κ2) is 5.89. The predicted octanol–water partition coefficient (Wildman–Crippen LogP) is 3.29. The monoisotopic (exact) mass is 233 g/mol. The van der Waals surface area contributed by atoms with Crippen LogP contribution in [-0.2, 0) is 0 Å². The highest BCUT2D eigenvalue weighted by atomic mass is 15.0. The van der Waals surface area contributed by atoms with E-state index < -0.39 is 0 Å². The largest absolute Gasteiger partial charge is 0.397 e. The Morgan fingerprint density at radius 1 is 1.29 bits per heavy atom. The summed E-state index contributed by atoms with van der Waals surface area (Å²) in [5.41, 5.74) is 6.31. The summed E-state index contributed by atoms with van der Waals surface area (Å²) in [6.45, 7) is 3.39. The quantitative estimate of drug-likeness (QED) is 0.839. The molecule has 1 aliphatic rings. The van der Waals surface area contributed by atoms with E-state index in [1.807, 2.05) is 12.1 Å². The maximum atomic E-state index is 5.59. The molecule has 0 aliphatic heterocycles. The molecule has 1 aromatic heterocycles. The van der Waals surface area contributed by atoms with E-state index in [1.54, 1.807) is 6.20 Å². The van der Waals surface area contributed by atoms with Crippen molar-refractivity contribution in [3.63, 3.8) is 0 Å². The van der Waals surface area contributed by atoms with E-state index in [0.717, 1.165) is 29.9 Å². The Balaban J connectivity index is 1.67. The van der Waals surface area contributed by atoms with Gasteiger partial charge in [-0.2, -0.15) is 0 Å². The van der Waals surface area contributed by atoms with Crippen LogP contribution in [0, 0.1) is 11.8 Å². The Morgan fingerprint density at radius 2 is 2.06 bits per heavy atom. The molecule has 1 fully saturated rings. The van der Waals surface area contributed by atoms with E-state index in [4.69, 9.17) is 5.73 Å². The van der Waals surface area contributed by atoms with Crippen LogP contribution in [0.15, 0.2) is 18.3 Å². The van der Waals surface area contributed by atoms with Gasteiger partial charge in [0.05, 0.1) is 11.9 Å². The molecule has 0 radical (unpaired) electrons. The summed E-state index contributed by atoms with van der Waals surface area (Å²) in [5, 5.41) is 3.36. The lowest BCUT2D eigenvalue weighted by atomic mass is 9.81. The molecule has 17 heavy (non-hydrogen) atoms. The first-order chi connectivity index (χ1) is 8.24. The van der Waals surface area contributed by atoms with Crippen LogP contribution < -0.4 is 11.1 Å². The van der Waals surface area contributed by atoms with Gasteiger partial charge in [0.25, 0.3) is 0 Å². The van der Waals surface area contributed by atoms with Crippen molar-refractivity contribution in [3.8, 4) is 0 Å². The van der Waals surface area contributed by atoms with Crippen LogP contribution >= 0.6 is 0 Å². The van der Waals surface area contributed by atoms with Crippen molar-refractivity contribution in [3.05, 3.63) is 18.3 Å². The second-order valence-corrected chi connectivity index (χ2v) is 5.32. The van der Waals surface area contributed by atoms with Crippen LogP contribution in [0.4, 0.5) is 11.5 Å². The van der Waals surface area contributed by atoms with Gasteiger partial charge in [0.2, 0.25) is 0 Å². The number of rotatable bonds is 4. The lowest BCUT2D eigenvalue weighted by molar-refractivity contribution is 0.282. The van der Waals surface area contributed by atoms with Crippen molar-refractivity contribution < 1.29 is 0 Å². The van der Waals surface area contributed by atoms with E-state index in [-0.39, 0.29) is 0 Å². The molecule has 1 heterocycles. The number of nitrogen functional groups attached to an aromatic ring is 1. The molecule has 3 nitrogen and oxygen atoms in total. The van der Waals surface area contributed by atoms with Crippen molar-refractivity contribution in [2.75, 3.05) is 17.6 Å². The van der Waals surface area contributed by atoms with Gasteiger partial charge in [-0.15, -0.1) is 0 Å². The van der Waals surface area contributed by atoms with E-state index in [2.05, 4.69) is 17.2 Å². The normalized spacial score (nSPS) is 24.5. The zero-order valence-corrected chi connectivity index (χ0v) is 10.7. The average Bonchev–Trinajstić information content (AvgIpc) is 2.34. The zero-order chi connectivity index (χ0) is 12.1. The molecule has 0 atom stereocenters. The summed E-state index contributed by atoms with van der Waals surface area (Å²) in [6.07, 6.45) is 8.58. The fraction of sp³-hybridized carbons (Fsp3) is 0.643. The third kappa shape index (κ3) is 3.91. The molecule has 0 spiro atoms. The maximum absolute atomic E-state index is 5.59. The second-order valence-electron chi connectivity index (χ2n) is 5.32. The highest BCUT2D eigenvalue weighted by molar-refractivity contribution is 5.43. The Bertz CT molecular complexity index is 326. The molecular formula is C14H23N3. The topological polar surface area (TPSA) is 50.9 Å². The third-order valence-corrected chi connectivity index (χ3v) is 3.78. The first kappa shape index (κ1) is 12.2. The summed E-state index contributed by atoms with van der Waals surface area (Å²) in [6, 6.07) is 3.83. The minimum absolute atomic E-state index is 0.719. The van der Waals surface area contributed by atoms with Gasteiger partial charge in [0, 0.05) is 6.54 Å². The number of nitrogens with one attached hydrogen (secondary N) is 1. The van der Waals surface area contributed by atoms with Crippen LogP contribution in [-0.4, -0.2) is 11.5 Å². The molecule has 1 saturated carbocycles. The number of nitrogens with two attached hydrogens (primary N) is 1. The van der Waals surface area contributed by atoms with Gasteiger partial charge in [-0.25, -0.2) is 4.98 Å². The van der Waals surface area contributed by atoms with Crippen molar-refractivity contribution in [1.82, 2.24) is 4.98 Å². The minimum atomic E-state index is 0.719. The summed E-state index contributed by atoms with van der Waals surface area (Å²) >= 11 is 0. The predicted molar refractivity (Wildman–Crippen MR) is 72.9 cm³/mol. The van der Waals surface area contributed by atoms with E-state index in [1.165, 1.54) is 32.1 Å².